The van der Waals surface area contributed by atoms with Crippen molar-refractivity contribution in [1.29, 1.82) is 0 Å². The average Bonchev–Trinajstić information content (AvgIpc) is 3.10. The summed E-state index contributed by atoms with van der Waals surface area (Å²) in [7, 11) is 2.49. The molecule has 0 fully saturated rings. The lowest BCUT2D eigenvalue weighted by Crippen LogP contribution is -2.49. The number of aliphatic hydroxyl groups excluding tert-OH is 1. The number of carbonyl (C=O) groups is 1. The van der Waals surface area contributed by atoms with Gasteiger partial charge in [-0.2, -0.15) is 0 Å². The van der Waals surface area contributed by atoms with Crippen LogP contribution in [0.3, 0.4) is 0 Å². The van der Waals surface area contributed by atoms with E-state index in [4.69, 9.17) is 28.1 Å². The molecule has 0 saturated carbocycles. The molecule has 1 N–H and O–H groups in total. The molecule has 9 heteroatoms. The van der Waals surface area contributed by atoms with Gasteiger partial charge in [-0.15, -0.1) is 13.2 Å². The van der Waals surface area contributed by atoms with E-state index in [1.165, 1.54) is 7.11 Å². The fourth-order valence-corrected chi connectivity index (χ4v) is 7.32. The Morgan fingerprint density at radius 2 is 1.50 bits per heavy atom. The van der Waals surface area contributed by atoms with Gasteiger partial charge in [0.25, 0.3) is 0 Å². The Morgan fingerprint density at radius 1 is 0.865 bits per heavy atom. The Bertz CT molecular complexity index is 1430. The third-order valence-electron chi connectivity index (χ3n) is 10.3. The van der Waals surface area contributed by atoms with Crippen LogP contribution in [0.4, 0.5) is 0 Å². The van der Waals surface area contributed by atoms with E-state index in [2.05, 4.69) is 73.0 Å². The number of hydrogen-bond donors (Lipinski definition) is 1. The lowest BCUT2D eigenvalue weighted by Gasteiger charge is -2.44. The van der Waals surface area contributed by atoms with Gasteiger partial charge in [0.2, 0.25) is 0 Å². The number of benzene rings is 2. The Hall–Kier alpha value is -3.37. The fraction of sp³-hybridized carbons (Fsp3) is 0.558. The molecule has 2 aromatic carbocycles. The minimum atomic E-state index is -2.23. The van der Waals surface area contributed by atoms with Crippen molar-refractivity contribution in [3.8, 4) is 17.2 Å². The first-order chi connectivity index (χ1) is 24.5. The molecule has 2 aromatic rings. The van der Waals surface area contributed by atoms with Gasteiger partial charge in [0.05, 0.1) is 46.8 Å². The van der Waals surface area contributed by atoms with E-state index >= 15 is 0 Å². The van der Waals surface area contributed by atoms with Crippen LogP contribution in [0.5, 0.6) is 17.2 Å². The number of rotatable bonds is 23. The second-order valence-corrected chi connectivity index (χ2v) is 20.1. The minimum absolute atomic E-state index is 0.0185. The number of methoxy groups -OCH3 is 3. The molecule has 0 aliphatic carbocycles. The number of ether oxygens (including phenoxy) is 5. The maximum atomic E-state index is 14.2. The van der Waals surface area contributed by atoms with Crippen LogP contribution in [-0.4, -0.2) is 65.6 Å². The normalized spacial score (nSPS) is 15.6. The molecular formula is C43H66O8Si. The van der Waals surface area contributed by atoms with E-state index in [0.29, 0.717) is 43.1 Å². The molecule has 0 aliphatic rings. The second kappa shape index (κ2) is 21.4. The van der Waals surface area contributed by atoms with Gasteiger partial charge in [-0.1, -0.05) is 78.0 Å². The summed E-state index contributed by atoms with van der Waals surface area (Å²) in [4.78, 5) is 14.2. The van der Waals surface area contributed by atoms with Crippen LogP contribution in [0, 0.1) is 17.8 Å². The van der Waals surface area contributed by atoms with Crippen molar-refractivity contribution in [2.45, 2.75) is 110 Å². The zero-order valence-electron chi connectivity index (χ0n) is 33.7. The van der Waals surface area contributed by atoms with E-state index < -0.39 is 26.5 Å². The summed E-state index contributed by atoms with van der Waals surface area (Å²) in [5, 5.41) is 11.0. The zero-order chi connectivity index (χ0) is 39.1. The topological polar surface area (TPSA) is 92.7 Å². The van der Waals surface area contributed by atoms with E-state index in [-0.39, 0.29) is 40.9 Å². The predicted molar refractivity (Wildman–Crippen MR) is 214 cm³/mol. The smallest absolute Gasteiger partial charge is 0.342 e. The lowest BCUT2D eigenvalue weighted by atomic mass is 9.86. The van der Waals surface area contributed by atoms with Gasteiger partial charge in [0, 0.05) is 18.4 Å². The molecule has 0 heterocycles. The molecule has 290 valence electrons. The molecule has 0 bridgehead atoms. The summed E-state index contributed by atoms with van der Waals surface area (Å²) < 4.78 is 35.9. The monoisotopic (exact) mass is 738 g/mol. The summed E-state index contributed by atoms with van der Waals surface area (Å²) >= 11 is 0. The van der Waals surface area contributed by atoms with Gasteiger partial charge in [-0.25, -0.2) is 4.79 Å². The van der Waals surface area contributed by atoms with Gasteiger partial charge < -0.3 is 33.2 Å². The summed E-state index contributed by atoms with van der Waals surface area (Å²) in [6.45, 7) is 26.3. The molecule has 0 radical (unpaired) electrons. The standard InChI is InChI=1S/C43H66O8Si/c1-14-18-30(3)37(44)27-34-26-36(47-10)28-39(48-11)40(34)42(45)50-38(19-15-2)32(5)41(51-52(12,13)43(6,7)8)31(4)20-16-17-25-49-29-33-21-23-35(46-9)24-22-33/h14-17,21-24,26,28,30-32,37-38,41,44H,1-2,18-20,25,27,29H2,3-13H3/b17-16-/t30-,31+,32+,37+,38-,41+/m0/s1. The highest BCUT2D eigenvalue weighted by atomic mass is 28.4. The van der Waals surface area contributed by atoms with Gasteiger partial charge >= 0.3 is 5.97 Å². The van der Waals surface area contributed by atoms with Crippen molar-refractivity contribution >= 4 is 14.3 Å². The third kappa shape index (κ3) is 13.2. The highest BCUT2D eigenvalue weighted by Crippen LogP contribution is 2.41. The maximum absolute atomic E-state index is 14.2. The summed E-state index contributed by atoms with van der Waals surface area (Å²) in [6.07, 6.45) is 8.40. The van der Waals surface area contributed by atoms with Crippen LogP contribution >= 0.6 is 0 Å². The lowest BCUT2D eigenvalue weighted by molar-refractivity contribution is -0.0224. The summed E-state index contributed by atoms with van der Waals surface area (Å²) in [6, 6.07) is 11.3. The Morgan fingerprint density at radius 3 is 2.06 bits per heavy atom. The van der Waals surface area contributed by atoms with Crippen molar-refractivity contribution in [3.63, 3.8) is 0 Å². The van der Waals surface area contributed by atoms with Gasteiger partial charge in [-0.3, -0.25) is 0 Å². The predicted octanol–water partition coefficient (Wildman–Crippen LogP) is 9.76. The van der Waals surface area contributed by atoms with Crippen molar-refractivity contribution in [2.75, 3.05) is 27.9 Å². The molecule has 0 aromatic heterocycles. The summed E-state index contributed by atoms with van der Waals surface area (Å²) in [5.41, 5.74) is 1.96. The van der Waals surface area contributed by atoms with Crippen molar-refractivity contribution in [2.24, 2.45) is 17.8 Å². The van der Waals surface area contributed by atoms with Gasteiger partial charge in [0.1, 0.15) is 28.9 Å². The number of esters is 1. The van der Waals surface area contributed by atoms with Gasteiger partial charge in [-0.05, 0) is 78.6 Å². The van der Waals surface area contributed by atoms with E-state index in [1.807, 2.05) is 31.2 Å². The van der Waals surface area contributed by atoms with Crippen molar-refractivity contribution < 1.29 is 38.0 Å². The summed E-state index contributed by atoms with van der Waals surface area (Å²) in [5.74, 6) is 1.03. The van der Waals surface area contributed by atoms with Gasteiger partial charge in [0.15, 0.2) is 8.32 Å². The Labute approximate surface area is 315 Å². The first-order valence-corrected chi connectivity index (χ1v) is 21.3. The van der Waals surface area contributed by atoms with Crippen molar-refractivity contribution in [3.05, 3.63) is 90.6 Å². The highest BCUT2D eigenvalue weighted by Gasteiger charge is 2.43. The number of aliphatic hydroxyl groups is 1. The molecule has 0 amide bonds. The van der Waals surface area contributed by atoms with Crippen LogP contribution in [0.1, 0.15) is 82.3 Å². The van der Waals surface area contributed by atoms with Crippen LogP contribution in [0.2, 0.25) is 18.1 Å². The van der Waals surface area contributed by atoms with Crippen LogP contribution in [-0.2, 0) is 26.9 Å². The van der Waals surface area contributed by atoms with Crippen LogP contribution in [0.15, 0.2) is 73.9 Å². The zero-order valence-corrected chi connectivity index (χ0v) is 34.7. The van der Waals surface area contributed by atoms with E-state index in [9.17, 15) is 9.90 Å². The van der Waals surface area contributed by atoms with Crippen LogP contribution in [0.25, 0.3) is 0 Å². The quantitative estimate of drug-likeness (QED) is 0.0522. The first kappa shape index (κ1) is 44.8. The fourth-order valence-electron chi connectivity index (χ4n) is 5.84. The molecule has 6 atom stereocenters. The van der Waals surface area contributed by atoms with E-state index in [1.54, 1.807) is 38.5 Å². The highest BCUT2D eigenvalue weighted by molar-refractivity contribution is 6.74. The molecular weight excluding hydrogens is 673 g/mol. The molecule has 0 unspecified atom stereocenters. The molecule has 8 nitrogen and oxygen atoms in total. The SMILES string of the molecule is C=CC[C@H](OC(=O)c1c(C[C@@H](O)[C@@H](C)CC=C)cc(OC)cc1OC)[C@@H](C)[C@H](O[Si](C)(C)C(C)(C)C)[C@H](C)C/C=C\COCc1ccc(OC)cc1. The van der Waals surface area contributed by atoms with Crippen LogP contribution < -0.4 is 14.2 Å². The Kier molecular flexibility index (Phi) is 18.4. The number of hydrogen-bond acceptors (Lipinski definition) is 8. The maximum Gasteiger partial charge on any atom is 0.342 e. The van der Waals surface area contributed by atoms with E-state index in [0.717, 1.165) is 17.7 Å². The second-order valence-electron chi connectivity index (χ2n) is 15.4. The Balaban J connectivity index is 2.35. The number of allylic oxidation sites excluding steroid dienone is 2. The number of carbonyl (C=O) groups excluding carboxylic acids is 1. The third-order valence-corrected chi connectivity index (χ3v) is 14.8. The molecule has 0 saturated heterocycles. The first-order valence-electron chi connectivity index (χ1n) is 18.4. The molecule has 52 heavy (non-hydrogen) atoms. The van der Waals surface area contributed by atoms with Crippen molar-refractivity contribution in [1.82, 2.24) is 0 Å². The molecule has 0 spiro atoms. The molecule has 2 rings (SSSR count). The minimum Gasteiger partial charge on any atom is -0.497 e. The largest absolute Gasteiger partial charge is 0.497 e. The average molecular weight is 739 g/mol. The molecule has 0 aliphatic heterocycles.